The average Bonchev–Trinajstić information content (AvgIpc) is 2.67. The Morgan fingerprint density at radius 1 is 1.07 bits per heavy atom. The van der Waals surface area contributed by atoms with E-state index < -0.39 is 0 Å². The lowest BCUT2D eigenvalue weighted by Gasteiger charge is -1.97. The summed E-state index contributed by atoms with van der Waals surface area (Å²) in [6.45, 7) is 0. The summed E-state index contributed by atoms with van der Waals surface area (Å²) in [5.41, 5.74) is 2.95. The number of nitrogens with zero attached hydrogens (tertiary/aromatic N) is 1. The van der Waals surface area contributed by atoms with E-state index in [0.717, 1.165) is 12.1 Å². The van der Waals surface area contributed by atoms with Crippen molar-refractivity contribution in [3.05, 3.63) is 59.4 Å². The van der Waals surface area contributed by atoms with Gasteiger partial charge in [-0.25, -0.2) is 0 Å². The van der Waals surface area contributed by atoms with Gasteiger partial charge in [0.1, 0.15) is 11.8 Å². The molecule has 1 aromatic carbocycles. The van der Waals surface area contributed by atoms with Crippen LogP contribution in [0.2, 0.25) is 0 Å². The summed E-state index contributed by atoms with van der Waals surface area (Å²) in [5, 5.41) is 8.64. The zero-order chi connectivity index (χ0) is 9.80. The maximum atomic E-state index is 8.64. The molecule has 0 atom stereocenters. The number of nitriles is 1. The molecule has 0 saturated heterocycles. The van der Waals surface area contributed by atoms with E-state index in [1.54, 1.807) is 6.07 Å². The van der Waals surface area contributed by atoms with Gasteiger partial charge in [-0.3, -0.25) is 0 Å². The molecule has 0 aliphatic rings. The van der Waals surface area contributed by atoms with Crippen molar-refractivity contribution >= 4 is 0 Å². The maximum absolute atomic E-state index is 8.64. The molecule has 14 heavy (non-hydrogen) atoms. The minimum absolute atomic E-state index is 0.621. The SMILES string of the molecule is N#Cc1ccc(Cc2ccccc2)[nH]1. The third-order valence-electron chi connectivity index (χ3n) is 2.10. The minimum Gasteiger partial charge on any atom is -0.350 e. The molecule has 1 heterocycles. The van der Waals surface area contributed by atoms with Gasteiger partial charge in [-0.15, -0.1) is 0 Å². The molecule has 0 aliphatic heterocycles. The van der Waals surface area contributed by atoms with Crippen molar-refractivity contribution in [2.24, 2.45) is 0 Å². The highest BCUT2D eigenvalue weighted by atomic mass is 14.7. The van der Waals surface area contributed by atoms with Crippen LogP contribution in [-0.2, 0) is 6.42 Å². The topological polar surface area (TPSA) is 39.6 Å². The van der Waals surface area contributed by atoms with Gasteiger partial charge in [0, 0.05) is 12.1 Å². The van der Waals surface area contributed by atoms with E-state index in [1.165, 1.54) is 5.56 Å². The number of rotatable bonds is 2. The minimum atomic E-state index is 0.621. The summed E-state index contributed by atoms with van der Waals surface area (Å²) in [5.74, 6) is 0. The molecule has 2 heteroatoms. The van der Waals surface area contributed by atoms with Crippen LogP contribution in [0.3, 0.4) is 0 Å². The fourth-order valence-electron chi connectivity index (χ4n) is 1.42. The van der Waals surface area contributed by atoms with Gasteiger partial charge in [-0.2, -0.15) is 5.26 Å². The van der Waals surface area contributed by atoms with Crippen LogP contribution in [-0.4, -0.2) is 4.98 Å². The first-order valence-corrected chi connectivity index (χ1v) is 4.50. The van der Waals surface area contributed by atoms with Crippen LogP contribution >= 0.6 is 0 Å². The predicted octanol–water partition coefficient (Wildman–Crippen LogP) is 2.48. The molecule has 0 saturated carbocycles. The highest BCUT2D eigenvalue weighted by Crippen LogP contribution is 2.08. The molecular weight excluding hydrogens is 172 g/mol. The predicted molar refractivity (Wildman–Crippen MR) is 54.8 cm³/mol. The van der Waals surface area contributed by atoms with E-state index in [4.69, 9.17) is 5.26 Å². The third-order valence-corrected chi connectivity index (χ3v) is 2.10. The second-order valence-corrected chi connectivity index (χ2v) is 3.17. The van der Waals surface area contributed by atoms with Crippen LogP contribution < -0.4 is 0 Å². The number of H-pyrrole nitrogens is 1. The Morgan fingerprint density at radius 3 is 2.50 bits per heavy atom. The molecule has 0 fully saturated rings. The first kappa shape index (κ1) is 8.58. The number of nitrogens with one attached hydrogen (secondary N) is 1. The Kier molecular flexibility index (Phi) is 2.33. The quantitative estimate of drug-likeness (QED) is 0.761. The molecular formula is C12H10N2. The molecule has 2 rings (SSSR count). The Bertz CT molecular complexity index is 449. The molecule has 0 amide bonds. The fraction of sp³-hybridized carbons (Fsp3) is 0.0833. The van der Waals surface area contributed by atoms with E-state index in [2.05, 4.69) is 23.2 Å². The normalized spacial score (nSPS) is 9.64. The summed E-state index contributed by atoms with van der Waals surface area (Å²) >= 11 is 0. The highest BCUT2D eigenvalue weighted by Gasteiger charge is 1.98. The number of aromatic amines is 1. The third kappa shape index (κ3) is 1.83. The Hall–Kier alpha value is -2.01. The van der Waals surface area contributed by atoms with Crippen LogP contribution in [0, 0.1) is 11.3 Å². The molecule has 0 bridgehead atoms. The van der Waals surface area contributed by atoms with Crippen molar-refractivity contribution in [3.8, 4) is 6.07 Å². The lowest BCUT2D eigenvalue weighted by molar-refractivity contribution is 1.10. The van der Waals surface area contributed by atoms with Gasteiger partial charge in [0.15, 0.2) is 0 Å². The van der Waals surface area contributed by atoms with Gasteiger partial charge in [0.2, 0.25) is 0 Å². The second kappa shape index (κ2) is 3.80. The highest BCUT2D eigenvalue weighted by molar-refractivity contribution is 5.28. The molecule has 0 radical (unpaired) electrons. The molecule has 2 aromatic rings. The summed E-state index contributed by atoms with van der Waals surface area (Å²) < 4.78 is 0. The lowest BCUT2D eigenvalue weighted by Crippen LogP contribution is -1.87. The monoisotopic (exact) mass is 182 g/mol. The van der Waals surface area contributed by atoms with E-state index in [9.17, 15) is 0 Å². The lowest BCUT2D eigenvalue weighted by atomic mass is 10.1. The summed E-state index contributed by atoms with van der Waals surface area (Å²) in [4.78, 5) is 3.05. The van der Waals surface area contributed by atoms with Gasteiger partial charge in [-0.05, 0) is 17.7 Å². The van der Waals surface area contributed by atoms with Gasteiger partial charge in [0.25, 0.3) is 0 Å². The Balaban J connectivity index is 2.16. The van der Waals surface area contributed by atoms with E-state index in [0.29, 0.717) is 5.69 Å². The first-order valence-electron chi connectivity index (χ1n) is 4.50. The van der Waals surface area contributed by atoms with Crippen molar-refractivity contribution in [2.45, 2.75) is 6.42 Å². The Morgan fingerprint density at radius 2 is 1.86 bits per heavy atom. The van der Waals surface area contributed by atoms with Crippen molar-refractivity contribution in [3.63, 3.8) is 0 Å². The van der Waals surface area contributed by atoms with Crippen molar-refractivity contribution in [1.82, 2.24) is 4.98 Å². The Labute approximate surface area is 82.8 Å². The van der Waals surface area contributed by atoms with Crippen LogP contribution in [0.5, 0.6) is 0 Å². The zero-order valence-electron chi connectivity index (χ0n) is 7.70. The van der Waals surface area contributed by atoms with E-state index in [1.807, 2.05) is 24.3 Å². The smallest absolute Gasteiger partial charge is 0.117 e. The molecule has 1 aromatic heterocycles. The van der Waals surface area contributed by atoms with Crippen molar-refractivity contribution in [2.75, 3.05) is 0 Å². The molecule has 1 N–H and O–H groups in total. The summed E-state index contributed by atoms with van der Waals surface area (Å²) in [7, 11) is 0. The molecule has 0 unspecified atom stereocenters. The molecule has 2 nitrogen and oxygen atoms in total. The number of benzene rings is 1. The fourth-order valence-corrected chi connectivity index (χ4v) is 1.42. The molecule has 68 valence electrons. The van der Waals surface area contributed by atoms with Crippen LogP contribution in [0.1, 0.15) is 17.0 Å². The van der Waals surface area contributed by atoms with E-state index in [-0.39, 0.29) is 0 Å². The number of hydrogen-bond acceptors (Lipinski definition) is 1. The largest absolute Gasteiger partial charge is 0.350 e. The average molecular weight is 182 g/mol. The van der Waals surface area contributed by atoms with Crippen molar-refractivity contribution < 1.29 is 0 Å². The zero-order valence-corrected chi connectivity index (χ0v) is 7.70. The molecule has 0 spiro atoms. The van der Waals surface area contributed by atoms with Gasteiger partial charge >= 0.3 is 0 Å². The summed E-state index contributed by atoms with van der Waals surface area (Å²) in [6.07, 6.45) is 0.850. The first-order chi connectivity index (χ1) is 6.88. The van der Waals surface area contributed by atoms with Crippen LogP contribution in [0.15, 0.2) is 42.5 Å². The van der Waals surface area contributed by atoms with E-state index >= 15 is 0 Å². The van der Waals surface area contributed by atoms with Crippen molar-refractivity contribution in [1.29, 1.82) is 5.26 Å². The number of hydrogen-bond donors (Lipinski definition) is 1. The van der Waals surface area contributed by atoms with Gasteiger partial charge in [-0.1, -0.05) is 30.3 Å². The van der Waals surface area contributed by atoms with Gasteiger partial charge in [0.05, 0.1) is 0 Å². The molecule has 0 aliphatic carbocycles. The van der Waals surface area contributed by atoms with Crippen LogP contribution in [0.4, 0.5) is 0 Å². The second-order valence-electron chi connectivity index (χ2n) is 3.17. The van der Waals surface area contributed by atoms with Crippen LogP contribution in [0.25, 0.3) is 0 Å². The maximum Gasteiger partial charge on any atom is 0.117 e. The summed E-state index contributed by atoms with van der Waals surface area (Å²) in [6, 6.07) is 16.0. The standard InChI is InChI=1S/C12H10N2/c13-9-12-7-6-11(14-12)8-10-4-2-1-3-5-10/h1-7,14H,8H2. The van der Waals surface area contributed by atoms with Gasteiger partial charge < -0.3 is 4.98 Å². The number of aromatic nitrogens is 1.